The number of nitrogens with zero attached hydrogens (tertiary/aromatic N) is 2. The minimum Gasteiger partial charge on any atom is -0.495 e. The van der Waals surface area contributed by atoms with E-state index in [-0.39, 0.29) is 18.2 Å². The number of fused-ring (bicyclic) bond motifs is 1. The van der Waals surface area contributed by atoms with Gasteiger partial charge in [-0.15, -0.1) is 0 Å². The number of amides is 2. The van der Waals surface area contributed by atoms with Crippen LogP contribution >= 0.6 is 11.6 Å². The van der Waals surface area contributed by atoms with Crippen molar-refractivity contribution in [2.75, 3.05) is 18.6 Å². The van der Waals surface area contributed by atoms with Crippen LogP contribution in [-0.4, -0.2) is 36.4 Å². The van der Waals surface area contributed by atoms with Crippen LogP contribution in [0.3, 0.4) is 0 Å². The van der Waals surface area contributed by atoms with Crippen LogP contribution in [0, 0.1) is 0 Å². The van der Waals surface area contributed by atoms with Crippen molar-refractivity contribution in [2.45, 2.75) is 25.4 Å². The molecule has 0 radical (unpaired) electrons. The molecule has 1 saturated heterocycles. The van der Waals surface area contributed by atoms with E-state index in [1.807, 2.05) is 12.1 Å². The van der Waals surface area contributed by atoms with Gasteiger partial charge in [0, 0.05) is 13.1 Å². The molecule has 2 aromatic rings. The van der Waals surface area contributed by atoms with Gasteiger partial charge >= 0.3 is 0 Å². The summed E-state index contributed by atoms with van der Waals surface area (Å²) in [4.78, 5) is 28.9. The number of hydrogen-bond acceptors (Lipinski definition) is 4. The number of carbonyl (C=O) groups excluding carboxylic acids is 2. The van der Waals surface area contributed by atoms with E-state index in [1.54, 1.807) is 18.2 Å². The first-order valence-electron chi connectivity index (χ1n) is 8.59. The molecule has 2 aliphatic heterocycles. The predicted octanol–water partition coefficient (Wildman–Crippen LogP) is 3.04. The Hall–Kier alpha value is -2.37. The van der Waals surface area contributed by atoms with Crippen LogP contribution < -0.4 is 9.64 Å². The van der Waals surface area contributed by atoms with Crippen molar-refractivity contribution in [2.24, 2.45) is 0 Å². The van der Waals surface area contributed by atoms with Gasteiger partial charge in [0.05, 0.1) is 30.3 Å². The Bertz CT molecular complexity index is 883. The van der Waals surface area contributed by atoms with E-state index in [0.717, 1.165) is 13.0 Å². The van der Waals surface area contributed by atoms with Crippen molar-refractivity contribution in [1.29, 1.82) is 0 Å². The number of rotatable bonds is 3. The first-order valence-corrected chi connectivity index (χ1v) is 8.97. The SMILES string of the molecule is COc1ccc(N2C(=O)C[C@H](N3CCc4ccccc4C3)C2=O)cc1Cl. The highest BCUT2D eigenvalue weighted by molar-refractivity contribution is 6.33. The van der Waals surface area contributed by atoms with E-state index in [2.05, 4.69) is 17.0 Å². The fourth-order valence-corrected chi connectivity index (χ4v) is 4.00. The number of imide groups is 1. The van der Waals surface area contributed by atoms with Crippen molar-refractivity contribution < 1.29 is 14.3 Å². The fourth-order valence-electron chi connectivity index (χ4n) is 3.75. The molecule has 0 bridgehead atoms. The second-order valence-electron chi connectivity index (χ2n) is 6.60. The number of halogens is 1. The highest BCUT2D eigenvalue weighted by Gasteiger charge is 2.43. The van der Waals surface area contributed by atoms with Crippen molar-refractivity contribution in [3.63, 3.8) is 0 Å². The Morgan fingerprint density at radius 2 is 1.88 bits per heavy atom. The average molecular weight is 371 g/mol. The van der Waals surface area contributed by atoms with Gasteiger partial charge in [-0.3, -0.25) is 14.5 Å². The highest BCUT2D eigenvalue weighted by Crippen LogP contribution is 2.33. The third-order valence-electron chi connectivity index (χ3n) is 5.12. The predicted molar refractivity (Wildman–Crippen MR) is 99.5 cm³/mol. The molecule has 2 amide bonds. The van der Waals surface area contributed by atoms with Crippen LogP contribution in [0.1, 0.15) is 17.5 Å². The van der Waals surface area contributed by atoms with Crippen molar-refractivity contribution in [3.05, 3.63) is 58.6 Å². The van der Waals surface area contributed by atoms with Crippen LogP contribution in [0.25, 0.3) is 0 Å². The number of ether oxygens (including phenoxy) is 1. The van der Waals surface area contributed by atoms with E-state index in [0.29, 0.717) is 23.0 Å². The van der Waals surface area contributed by atoms with Crippen LogP contribution in [-0.2, 0) is 22.6 Å². The summed E-state index contributed by atoms with van der Waals surface area (Å²) in [7, 11) is 1.53. The summed E-state index contributed by atoms with van der Waals surface area (Å²) in [6.07, 6.45) is 1.09. The van der Waals surface area contributed by atoms with E-state index in [4.69, 9.17) is 16.3 Å². The smallest absolute Gasteiger partial charge is 0.251 e. The topological polar surface area (TPSA) is 49.9 Å². The quantitative estimate of drug-likeness (QED) is 0.779. The maximum Gasteiger partial charge on any atom is 0.251 e. The number of benzene rings is 2. The molecule has 134 valence electrons. The van der Waals surface area contributed by atoms with Gasteiger partial charge in [0.25, 0.3) is 5.91 Å². The molecule has 1 atom stereocenters. The summed E-state index contributed by atoms with van der Waals surface area (Å²) < 4.78 is 5.14. The Kier molecular flexibility index (Phi) is 4.42. The molecule has 0 N–H and O–H groups in total. The summed E-state index contributed by atoms with van der Waals surface area (Å²) in [6, 6.07) is 12.8. The number of methoxy groups -OCH3 is 1. The van der Waals surface area contributed by atoms with E-state index >= 15 is 0 Å². The van der Waals surface area contributed by atoms with Gasteiger partial charge in [0.15, 0.2) is 0 Å². The van der Waals surface area contributed by atoms with Crippen LogP contribution in [0.15, 0.2) is 42.5 Å². The number of carbonyl (C=O) groups is 2. The number of anilines is 1. The van der Waals surface area contributed by atoms with E-state index < -0.39 is 6.04 Å². The summed E-state index contributed by atoms with van der Waals surface area (Å²) in [5.41, 5.74) is 3.04. The van der Waals surface area contributed by atoms with Gasteiger partial charge < -0.3 is 4.74 Å². The molecule has 0 aliphatic carbocycles. The number of hydrogen-bond donors (Lipinski definition) is 0. The van der Waals surface area contributed by atoms with E-state index in [1.165, 1.54) is 23.1 Å². The Balaban J connectivity index is 1.57. The summed E-state index contributed by atoms with van der Waals surface area (Å²) in [5.74, 6) is 0.134. The van der Waals surface area contributed by atoms with Gasteiger partial charge in [-0.1, -0.05) is 35.9 Å². The molecule has 2 aliphatic rings. The Labute approximate surface area is 157 Å². The van der Waals surface area contributed by atoms with Crippen molar-refractivity contribution in [1.82, 2.24) is 4.90 Å². The lowest BCUT2D eigenvalue weighted by molar-refractivity contribution is -0.123. The molecule has 0 saturated carbocycles. The van der Waals surface area contributed by atoms with Crippen LogP contribution in [0.5, 0.6) is 5.75 Å². The van der Waals surface area contributed by atoms with Crippen molar-refractivity contribution in [3.8, 4) is 5.75 Å². The molecule has 0 unspecified atom stereocenters. The molecule has 1 fully saturated rings. The van der Waals surface area contributed by atoms with Gasteiger partial charge in [0.1, 0.15) is 5.75 Å². The van der Waals surface area contributed by atoms with Gasteiger partial charge in [-0.2, -0.15) is 0 Å². The summed E-state index contributed by atoms with van der Waals surface area (Å²) >= 11 is 6.16. The third-order valence-corrected chi connectivity index (χ3v) is 5.41. The summed E-state index contributed by atoms with van der Waals surface area (Å²) in [5, 5.41) is 0.376. The van der Waals surface area contributed by atoms with Crippen molar-refractivity contribution >= 4 is 29.1 Å². The second-order valence-corrected chi connectivity index (χ2v) is 7.00. The summed E-state index contributed by atoms with van der Waals surface area (Å²) in [6.45, 7) is 1.47. The monoisotopic (exact) mass is 370 g/mol. The minimum atomic E-state index is -0.420. The highest BCUT2D eigenvalue weighted by atomic mass is 35.5. The molecule has 2 aromatic carbocycles. The Morgan fingerprint density at radius 3 is 2.62 bits per heavy atom. The average Bonchev–Trinajstić information content (AvgIpc) is 2.95. The van der Waals surface area contributed by atoms with Gasteiger partial charge in [0.2, 0.25) is 5.91 Å². The van der Waals surface area contributed by atoms with Gasteiger partial charge in [-0.25, -0.2) is 4.90 Å². The maximum absolute atomic E-state index is 13.0. The minimum absolute atomic E-state index is 0.185. The lowest BCUT2D eigenvalue weighted by Gasteiger charge is -2.32. The van der Waals surface area contributed by atoms with E-state index in [9.17, 15) is 9.59 Å². The molecule has 26 heavy (non-hydrogen) atoms. The molecule has 2 heterocycles. The first kappa shape index (κ1) is 17.1. The zero-order valence-corrected chi connectivity index (χ0v) is 15.2. The standard InChI is InChI=1S/C20H19ClN2O3/c1-26-18-7-6-15(10-16(18)21)23-19(24)11-17(20(23)25)22-9-8-13-4-2-3-5-14(13)12-22/h2-7,10,17H,8-9,11-12H2,1H3/t17-/m0/s1. The first-order chi connectivity index (χ1) is 12.6. The normalized spacial score (nSPS) is 20.4. The largest absolute Gasteiger partial charge is 0.495 e. The van der Waals surface area contributed by atoms with Crippen LogP contribution in [0.2, 0.25) is 5.02 Å². The Morgan fingerprint density at radius 1 is 1.12 bits per heavy atom. The fraction of sp³-hybridized carbons (Fsp3) is 0.300. The lowest BCUT2D eigenvalue weighted by Crippen LogP contribution is -2.44. The zero-order valence-electron chi connectivity index (χ0n) is 14.4. The molecule has 0 aromatic heterocycles. The molecule has 5 nitrogen and oxygen atoms in total. The third kappa shape index (κ3) is 2.87. The lowest BCUT2D eigenvalue weighted by atomic mass is 9.98. The second kappa shape index (κ2) is 6.74. The molecular weight excluding hydrogens is 352 g/mol. The molecule has 4 rings (SSSR count). The molecule has 6 heteroatoms. The van der Waals surface area contributed by atoms with Gasteiger partial charge in [-0.05, 0) is 35.7 Å². The maximum atomic E-state index is 13.0. The van der Waals surface area contributed by atoms with Crippen LogP contribution in [0.4, 0.5) is 5.69 Å². The zero-order chi connectivity index (χ0) is 18.3. The molecule has 0 spiro atoms. The molecular formula is C20H19ClN2O3.